The van der Waals surface area contributed by atoms with Gasteiger partial charge in [0, 0.05) is 31.4 Å². The van der Waals surface area contributed by atoms with Crippen molar-refractivity contribution in [2.75, 3.05) is 19.6 Å². The van der Waals surface area contributed by atoms with Gasteiger partial charge in [-0.15, -0.1) is 24.0 Å². The highest BCUT2D eigenvalue weighted by Gasteiger charge is 2.58. The Kier molecular flexibility index (Phi) is 7.16. The molecule has 4 atom stereocenters. The van der Waals surface area contributed by atoms with Gasteiger partial charge in [0.05, 0.1) is 30.3 Å². The number of nitrogens with one attached hydrogen (secondary N) is 2. The van der Waals surface area contributed by atoms with Gasteiger partial charge in [0.2, 0.25) is 11.8 Å². The van der Waals surface area contributed by atoms with Crippen molar-refractivity contribution in [3.8, 4) is 5.69 Å². The van der Waals surface area contributed by atoms with Crippen LogP contribution in [0.15, 0.2) is 59.9 Å². The number of imide groups is 1. The zero-order valence-corrected chi connectivity index (χ0v) is 20.9. The molecule has 8 nitrogen and oxygen atoms in total. The van der Waals surface area contributed by atoms with Gasteiger partial charge >= 0.3 is 0 Å². The molecule has 2 amide bonds. The third-order valence-electron chi connectivity index (χ3n) is 6.61. The highest BCUT2D eigenvalue weighted by Crippen LogP contribution is 2.52. The Hall–Kier alpha value is -2.69. The average Bonchev–Trinajstić information content (AvgIpc) is 3.59. The summed E-state index contributed by atoms with van der Waals surface area (Å²) in [7, 11) is 0. The summed E-state index contributed by atoms with van der Waals surface area (Å²) >= 11 is 0. The van der Waals surface area contributed by atoms with Crippen molar-refractivity contribution < 1.29 is 9.59 Å². The van der Waals surface area contributed by atoms with Crippen LogP contribution in [0, 0.1) is 23.7 Å². The molecule has 0 spiro atoms. The van der Waals surface area contributed by atoms with Gasteiger partial charge in [0.15, 0.2) is 5.96 Å². The van der Waals surface area contributed by atoms with Crippen molar-refractivity contribution in [2.24, 2.45) is 28.7 Å². The number of aromatic nitrogens is 2. The van der Waals surface area contributed by atoms with Gasteiger partial charge < -0.3 is 10.6 Å². The molecule has 1 aliphatic heterocycles. The van der Waals surface area contributed by atoms with Gasteiger partial charge in [-0.1, -0.05) is 30.4 Å². The summed E-state index contributed by atoms with van der Waals surface area (Å²) < 4.78 is 1.83. The van der Waals surface area contributed by atoms with Crippen LogP contribution in [0.3, 0.4) is 0 Å². The predicted octanol–water partition coefficient (Wildman–Crippen LogP) is 2.35. The standard InChI is InChI=1S/C24H28N6O2.HI/c1-2-25-24(27-13-16-14-28-30(15-16)19-6-4-3-5-7-19)26-10-11-29-22(31)20-17-8-9-18(12-17)21(20)23(29)32;/h3-9,14-15,17-18,20-21H,2,10-13H2,1H3,(H2,25,26,27);1H. The highest BCUT2D eigenvalue weighted by atomic mass is 127. The molecule has 1 aromatic heterocycles. The summed E-state index contributed by atoms with van der Waals surface area (Å²) in [6, 6.07) is 9.94. The lowest BCUT2D eigenvalue weighted by Crippen LogP contribution is -2.43. The van der Waals surface area contributed by atoms with E-state index in [1.165, 1.54) is 4.90 Å². The number of hydrogen-bond acceptors (Lipinski definition) is 4. The molecule has 2 N–H and O–H groups in total. The number of para-hydroxylation sites is 1. The fraction of sp³-hybridized carbons (Fsp3) is 0.417. The molecule has 3 aliphatic rings. The number of halogens is 1. The molecule has 2 aliphatic carbocycles. The molecule has 2 heterocycles. The molecule has 9 heteroatoms. The zero-order valence-electron chi connectivity index (χ0n) is 18.6. The monoisotopic (exact) mass is 560 g/mol. The van der Waals surface area contributed by atoms with E-state index in [1.54, 1.807) is 0 Å². The van der Waals surface area contributed by atoms with Crippen molar-refractivity contribution >= 4 is 41.8 Å². The summed E-state index contributed by atoms with van der Waals surface area (Å²) in [5.74, 6) is 0.857. The predicted molar refractivity (Wildman–Crippen MR) is 136 cm³/mol. The lowest BCUT2D eigenvalue weighted by molar-refractivity contribution is -0.140. The molecule has 4 unspecified atom stereocenters. The quantitative estimate of drug-likeness (QED) is 0.179. The van der Waals surface area contributed by atoms with Crippen molar-refractivity contribution in [1.82, 2.24) is 25.3 Å². The Morgan fingerprint density at radius 3 is 2.45 bits per heavy atom. The van der Waals surface area contributed by atoms with Gasteiger partial charge in [-0.3, -0.25) is 14.5 Å². The van der Waals surface area contributed by atoms with E-state index in [-0.39, 0.29) is 59.5 Å². The Balaban J connectivity index is 0.00000259. The fourth-order valence-electron chi connectivity index (χ4n) is 5.15. The molecule has 2 aromatic rings. The number of fused-ring (bicyclic) bond motifs is 5. The van der Waals surface area contributed by atoms with Gasteiger partial charge in [-0.05, 0) is 37.3 Å². The number of nitrogens with zero attached hydrogens (tertiary/aromatic N) is 4. The molecular weight excluding hydrogens is 531 g/mol. The smallest absolute Gasteiger partial charge is 0.233 e. The maximum absolute atomic E-state index is 12.8. The molecule has 33 heavy (non-hydrogen) atoms. The molecule has 2 fully saturated rings. The summed E-state index contributed by atoms with van der Waals surface area (Å²) in [4.78, 5) is 31.7. The van der Waals surface area contributed by atoms with Gasteiger partial charge in [0.1, 0.15) is 0 Å². The number of rotatable bonds is 7. The second-order valence-electron chi connectivity index (χ2n) is 8.58. The van der Waals surface area contributed by atoms with Crippen LogP contribution in [-0.2, 0) is 16.1 Å². The lowest BCUT2D eigenvalue weighted by atomic mass is 9.85. The molecule has 174 valence electrons. The fourth-order valence-corrected chi connectivity index (χ4v) is 5.15. The van der Waals surface area contributed by atoms with Crippen molar-refractivity contribution in [2.45, 2.75) is 19.9 Å². The SMILES string of the molecule is CCNC(=NCc1cnn(-c2ccccc2)c1)NCCN1C(=O)C2C3C=CC(C3)C2C1=O.I. The minimum absolute atomic E-state index is 0. The number of benzene rings is 1. The van der Waals surface area contributed by atoms with Crippen molar-refractivity contribution in [3.05, 3.63) is 60.4 Å². The Bertz CT molecular complexity index is 1040. The first-order valence-corrected chi connectivity index (χ1v) is 11.3. The van der Waals surface area contributed by atoms with E-state index >= 15 is 0 Å². The Labute approximate surface area is 210 Å². The first-order chi connectivity index (χ1) is 15.7. The minimum Gasteiger partial charge on any atom is -0.357 e. The normalized spacial score (nSPS) is 25.4. The van der Waals surface area contributed by atoms with Crippen LogP contribution in [-0.4, -0.2) is 52.1 Å². The first-order valence-electron chi connectivity index (χ1n) is 11.3. The molecule has 1 saturated heterocycles. The van der Waals surface area contributed by atoms with Crippen LogP contribution in [0.25, 0.3) is 5.69 Å². The van der Waals surface area contributed by atoms with E-state index in [0.717, 1.165) is 24.2 Å². The molecule has 5 rings (SSSR count). The second-order valence-corrected chi connectivity index (χ2v) is 8.58. The van der Waals surface area contributed by atoms with Crippen molar-refractivity contribution in [1.29, 1.82) is 0 Å². The number of hydrogen-bond donors (Lipinski definition) is 2. The van der Waals surface area contributed by atoms with Crippen molar-refractivity contribution in [3.63, 3.8) is 0 Å². The van der Waals surface area contributed by atoms with Crippen LogP contribution in [0.1, 0.15) is 18.9 Å². The second kappa shape index (κ2) is 10.1. The largest absolute Gasteiger partial charge is 0.357 e. The molecule has 1 aromatic carbocycles. The van der Waals surface area contributed by atoms with Gasteiger partial charge in [-0.2, -0.15) is 5.10 Å². The van der Waals surface area contributed by atoms with Crippen LogP contribution >= 0.6 is 24.0 Å². The third kappa shape index (κ3) is 4.55. The van der Waals surface area contributed by atoms with E-state index in [4.69, 9.17) is 0 Å². The maximum Gasteiger partial charge on any atom is 0.233 e. The number of likely N-dealkylation sites (tertiary alicyclic amines) is 1. The van der Waals surface area contributed by atoms with Crippen LogP contribution in [0.4, 0.5) is 0 Å². The summed E-state index contributed by atoms with van der Waals surface area (Å²) in [5, 5.41) is 10.9. The third-order valence-corrected chi connectivity index (χ3v) is 6.61. The van der Waals surface area contributed by atoms with E-state index in [2.05, 4.69) is 32.9 Å². The van der Waals surface area contributed by atoms with E-state index in [0.29, 0.717) is 25.6 Å². The number of carbonyl (C=O) groups excluding carboxylic acids is 2. The number of carbonyl (C=O) groups is 2. The number of amides is 2. The lowest BCUT2D eigenvalue weighted by Gasteiger charge is -2.18. The molecular formula is C24H29IN6O2. The van der Waals surface area contributed by atoms with Gasteiger partial charge in [-0.25, -0.2) is 9.67 Å². The van der Waals surface area contributed by atoms with Crippen LogP contribution in [0.2, 0.25) is 0 Å². The average molecular weight is 560 g/mol. The number of aliphatic imine (C=N–C) groups is 1. The van der Waals surface area contributed by atoms with E-state index in [1.807, 2.05) is 54.3 Å². The Morgan fingerprint density at radius 2 is 1.79 bits per heavy atom. The highest BCUT2D eigenvalue weighted by molar-refractivity contribution is 14.0. The molecule has 2 bridgehead atoms. The number of guanidine groups is 1. The van der Waals surface area contributed by atoms with E-state index < -0.39 is 0 Å². The first kappa shape index (κ1) is 23.5. The molecule has 0 radical (unpaired) electrons. The Morgan fingerprint density at radius 1 is 1.09 bits per heavy atom. The van der Waals surface area contributed by atoms with Gasteiger partial charge in [0.25, 0.3) is 0 Å². The minimum atomic E-state index is -0.138. The summed E-state index contributed by atoms with van der Waals surface area (Å²) in [5.41, 5.74) is 1.99. The summed E-state index contributed by atoms with van der Waals surface area (Å²) in [6.07, 6.45) is 8.97. The number of allylic oxidation sites excluding steroid dienone is 2. The van der Waals surface area contributed by atoms with Crippen LogP contribution in [0.5, 0.6) is 0 Å². The topological polar surface area (TPSA) is 91.6 Å². The summed E-state index contributed by atoms with van der Waals surface area (Å²) in [6.45, 7) is 4.02. The molecule has 1 saturated carbocycles. The van der Waals surface area contributed by atoms with E-state index in [9.17, 15) is 9.59 Å². The zero-order chi connectivity index (χ0) is 22.1. The maximum atomic E-state index is 12.8. The van der Waals surface area contributed by atoms with Crippen LogP contribution < -0.4 is 10.6 Å².